The molecule has 0 heterocycles. The number of amides is 2. The van der Waals surface area contributed by atoms with Gasteiger partial charge in [-0.1, -0.05) is 13.8 Å². The second kappa shape index (κ2) is 19.8. The molecule has 0 atom stereocenters. The number of rotatable bonds is 4. The van der Waals surface area contributed by atoms with Crippen molar-refractivity contribution < 1.29 is 48.9 Å². The van der Waals surface area contributed by atoms with Gasteiger partial charge in [0.1, 0.15) is 0 Å². The number of hydrogen-bond donors (Lipinski definition) is 0. The molecule has 0 N–H and O–H groups in total. The van der Waals surface area contributed by atoms with E-state index in [1.165, 1.54) is 46.9 Å². The normalized spacial score (nSPS) is 12.2. The van der Waals surface area contributed by atoms with E-state index < -0.39 is 23.3 Å². The van der Waals surface area contributed by atoms with Crippen LogP contribution < -0.4 is 9.80 Å². The number of nitrogens with zero attached hydrogens (tertiary/aromatic N) is 2. The maximum Gasteiger partial charge on any atom is 4.00 e. The summed E-state index contributed by atoms with van der Waals surface area (Å²) < 4.78 is 51.4. The Morgan fingerprint density at radius 1 is 0.707 bits per heavy atom. The van der Waals surface area contributed by atoms with Crippen LogP contribution in [0.15, 0.2) is 59.7 Å². The zero-order valence-corrected chi connectivity index (χ0v) is 25.7. The molecule has 0 radical (unpaired) electrons. The molecule has 0 aromatic heterocycles. The van der Waals surface area contributed by atoms with Crippen molar-refractivity contribution in [1.29, 1.82) is 0 Å². The molecular formula is C32H34F4N2O2Ti. The Morgan fingerprint density at radius 2 is 1.05 bits per heavy atom. The number of benzene rings is 2. The van der Waals surface area contributed by atoms with Gasteiger partial charge in [0.25, 0.3) is 0 Å². The van der Waals surface area contributed by atoms with E-state index in [1.54, 1.807) is 13.8 Å². The summed E-state index contributed by atoms with van der Waals surface area (Å²) in [6, 6.07) is 8.37. The van der Waals surface area contributed by atoms with E-state index in [1.807, 2.05) is 12.1 Å². The van der Waals surface area contributed by atoms with Gasteiger partial charge in [-0.25, -0.2) is 40.9 Å². The van der Waals surface area contributed by atoms with Crippen LogP contribution in [0.5, 0.6) is 0 Å². The zero-order chi connectivity index (χ0) is 30.2. The van der Waals surface area contributed by atoms with Gasteiger partial charge < -0.3 is 9.80 Å². The van der Waals surface area contributed by atoms with Gasteiger partial charge in [0, 0.05) is 50.2 Å². The average molecular weight is 602 g/mol. The minimum absolute atomic E-state index is 0. The smallest absolute Gasteiger partial charge is 0.364 e. The quantitative estimate of drug-likeness (QED) is 0.205. The van der Waals surface area contributed by atoms with Crippen LogP contribution >= 0.6 is 0 Å². The fourth-order valence-electron chi connectivity index (χ4n) is 3.44. The molecule has 2 aliphatic rings. The molecule has 0 aliphatic heterocycles. The number of anilines is 2. The molecule has 4 rings (SSSR count). The van der Waals surface area contributed by atoms with Crippen molar-refractivity contribution in [1.82, 2.24) is 0 Å². The fourth-order valence-corrected chi connectivity index (χ4v) is 3.44. The van der Waals surface area contributed by atoms with Gasteiger partial charge in [-0.2, -0.15) is 12.2 Å². The molecule has 0 spiro atoms. The summed E-state index contributed by atoms with van der Waals surface area (Å²) in [6.07, 6.45) is 16.7. The van der Waals surface area contributed by atoms with E-state index in [4.69, 9.17) is 0 Å². The standard InChI is InChI=1S/2C10H10F2NO.2C6H7.Ti/c2*1-3-13(7(2)14)10-5-4-8(11)6-9(10)12;2*1-6-4-2-3-5-6;/h2*4-5H,3H2,1-2H3;2*2,4H,3H2,1H3;/q4*-1;+4. The van der Waals surface area contributed by atoms with Crippen LogP contribution in [0.2, 0.25) is 0 Å². The zero-order valence-electron chi connectivity index (χ0n) is 24.2. The second-order valence-corrected chi connectivity index (χ2v) is 8.47. The van der Waals surface area contributed by atoms with E-state index in [2.05, 4.69) is 50.3 Å². The Bertz CT molecular complexity index is 1170. The molecule has 2 aliphatic carbocycles. The minimum Gasteiger partial charge on any atom is -0.364 e. The predicted octanol–water partition coefficient (Wildman–Crippen LogP) is 7.66. The molecule has 2 aromatic rings. The van der Waals surface area contributed by atoms with Crippen LogP contribution in [0.4, 0.5) is 28.9 Å². The molecule has 0 unspecified atom stereocenters. The van der Waals surface area contributed by atoms with Crippen molar-refractivity contribution in [2.24, 2.45) is 0 Å². The van der Waals surface area contributed by atoms with E-state index in [0.29, 0.717) is 13.1 Å². The molecule has 4 nitrogen and oxygen atoms in total. The van der Waals surface area contributed by atoms with Crippen molar-refractivity contribution >= 4 is 23.2 Å². The van der Waals surface area contributed by atoms with Crippen molar-refractivity contribution in [3.63, 3.8) is 0 Å². The summed E-state index contributed by atoms with van der Waals surface area (Å²) in [5.74, 6) is -3.81. The number of carbonyl (C=O) groups is 2. The molecule has 2 aromatic carbocycles. The van der Waals surface area contributed by atoms with Gasteiger partial charge in [0.15, 0.2) is 0 Å². The van der Waals surface area contributed by atoms with Crippen LogP contribution in [0.3, 0.4) is 0 Å². The third kappa shape index (κ3) is 13.8. The van der Waals surface area contributed by atoms with E-state index in [0.717, 1.165) is 25.0 Å². The maximum atomic E-state index is 13.2. The summed E-state index contributed by atoms with van der Waals surface area (Å²) >= 11 is 0. The number of allylic oxidation sites excluding steroid dienone is 8. The number of carbonyl (C=O) groups excluding carboxylic acids is 2. The summed E-state index contributed by atoms with van der Waals surface area (Å²) in [6.45, 7) is 10.9. The molecular weight excluding hydrogens is 568 g/mol. The predicted molar refractivity (Wildman–Crippen MR) is 150 cm³/mol. The second-order valence-electron chi connectivity index (χ2n) is 8.47. The molecule has 0 bridgehead atoms. The number of halogens is 4. The Labute approximate surface area is 256 Å². The van der Waals surface area contributed by atoms with E-state index in [9.17, 15) is 27.2 Å². The van der Waals surface area contributed by atoms with E-state index >= 15 is 0 Å². The van der Waals surface area contributed by atoms with Crippen molar-refractivity contribution in [3.05, 3.63) is 107 Å². The van der Waals surface area contributed by atoms with Gasteiger partial charge in [-0.15, -0.1) is 49.2 Å². The van der Waals surface area contributed by atoms with Gasteiger partial charge in [-0.3, -0.25) is 21.7 Å². The van der Waals surface area contributed by atoms with Crippen molar-refractivity contribution in [2.75, 3.05) is 22.9 Å². The molecule has 0 saturated carbocycles. The van der Waals surface area contributed by atoms with Crippen molar-refractivity contribution in [2.45, 2.75) is 54.4 Å². The van der Waals surface area contributed by atoms with E-state index in [-0.39, 0.29) is 44.9 Å². The SMILES string of the molecule is CC1=[C-]CC=C1.CC1=[C-]CC=C1.CCN(C(C)=O)c1ccc(F)[c-]c1F.CCN(C(C)=O)c1ccc(F)[c-]c1F.[Ti+4]. The third-order valence-corrected chi connectivity index (χ3v) is 5.39. The van der Waals surface area contributed by atoms with Crippen LogP contribution in [0, 0.1) is 47.6 Å². The maximum absolute atomic E-state index is 13.2. The molecule has 9 heteroatoms. The topological polar surface area (TPSA) is 40.6 Å². The molecule has 41 heavy (non-hydrogen) atoms. The van der Waals surface area contributed by atoms with Gasteiger partial charge in [0.2, 0.25) is 11.8 Å². The van der Waals surface area contributed by atoms with Crippen LogP contribution in [0.25, 0.3) is 0 Å². The first-order valence-corrected chi connectivity index (χ1v) is 12.7. The molecule has 216 valence electrons. The Kier molecular flexibility index (Phi) is 18.2. The third-order valence-electron chi connectivity index (χ3n) is 5.39. The van der Waals surface area contributed by atoms with Crippen LogP contribution in [0.1, 0.15) is 54.4 Å². The molecule has 0 fully saturated rings. The fraction of sp³-hybridized carbons (Fsp3) is 0.312. The first kappa shape index (κ1) is 37.8. The average Bonchev–Trinajstić information content (AvgIpc) is 3.57. The molecule has 0 saturated heterocycles. The van der Waals surface area contributed by atoms with Crippen molar-refractivity contribution in [3.8, 4) is 0 Å². The van der Waals surface area contributed by atoms with Gasteiger partial charge in [0.05, 0.1) is 0 Å². The van der Waals surface area contributed by atoms with Crippen LogP contribution in [-0.2, 0) is 31.3 Å². The Hall–Kier alpha value is -3.23. The number of hydrogen-bond acceptors (Lipinski definition) is 2. The summed E-state index contributed by atoms with van der Waals surface area (Å²) in [5.41, 5.74) is 2.66. The van der Waals surface area contributed by atoms with Crippen LogP contribution in [-0.4, -0.2) is 24.9 Å². The Morgan fingerprint density at radius 3 is 1.22 bits per heavy atom. The molecule has 2 amide bonds. The first-order chi connectivity index (χ1) is 18.9. The van der Waals surface area contributed by atoms with Gasteiger partial charge >= 0.3 is 21.7 Å². The minimum atomic E-state index is -0.845. The first-order valence-electron chi connectivity index (χ1n) is 12.7. The summed E-state index contributed by atoms with van der Waals surface area (Å²) in [5, 5.41) is 0. The summed E-state index contributed by atoms with van der Waals surface area (Å²) in [7, 11) is 0. The van der Waals surface area contributed by atoms with Gasteiger partial charge in [-0.05, 0) is 25.2 Å². The monoisotopic (exact) mass is 602 g/mol. The largest absolute Gasteiger partial charge is 4.00 e. The summed E-state index contributed by atoms with van der Waals surface area (Å²) in [4.78, 5) is 24.6. The Balaban J connectivity index is 0.000000552.